The summed E-state index contributed by atoms with van der Waals surface area (Å²) < 4.78 is 17.0. The largest absolute Gasteiger partial charge is 0.457 e. The van der Waals surface area contributed by atoms with Crippen molar-refractivity contribution >= 4 is 28.5 Å². The van der Waals surface area contributed by atoms with E-state index in [1.165, 1.54) is 0 Å². The van der Waals surface area contributed by atoms with Gasteiger partial charge in [0.1, 0.15) is 22.8 Å². The van der Waals surface area contributed by atoms with Gasteiger partial charge in [-0.3, -0.25) is 9.59 Å². The summed E-state index contributed by atoms with van der Waals surface area (Å²) in [4.78, 5) is 27.8. The van der Waals surface area contributed by atoms with Crippen molar-refractivity contribution in [3.8, 4) is 11.5 Å². The van der Waals surface area contributed by atoms with Crippen molar-refractivity contribution < 1.29 is 23.5 Å². The average molecular weight is 442 g/mol. The molecule has 7 heteroatoms. The molecule has 33 heavy (non-hydrogen) atoms. The number of hydrogen-bond donors (Lipinski definition) is 1. The third kappa shape index (κ3) is 4.44. The van der Waals surface area contributed by atoms with E-state index < -0.39 is 0 Å². The lowest BCUT2D eigenvalue weighted by atomic mass is 10.1. The van der Waals surface area contributed by atoms with E-state index >= 15 is 0 Å². The quantitative estimate of drug-likeness (QED) is 0.473. The molecule has 3 aromatic carbocycles. The number of fused-ring (bicyclic) bond motifs is 1. The zero-order valence-corrected chi connectivity index (χ0v) is 17.8. The number of benzene rings is 3. The second-order valence-electron chi connectivity index (χ2n) is 7.60. The molecule has 2 heterocycles. The molecule has 0 unspecified atom stereocenters. The van der Waals surface area contributed by atoms with E-state index in [1.54, 1.807) is 35.2 Å². The molecule has 7 nitrogen and oxygen atoms in total. The first-order chi connectivity index (χ1) is 16.2. The Balaban J connectivity index is 1.39. The number of hydrogen-bond acceptors (Lipinski definition) is 5. The van der Waals surface area contributed by atoms with Gasteiger partial charge in [-0.15, -0.1) is 0 Å². The van der Waals surface area contributed by atoms with Crippen molar-refractivity contribution in [2.45, 2.75) is 0 Å². The number of para-hydroxylation sites is 2. The van der Waals surface area contributed by atoms with Crippen LogP contribution in [-0.2, 0) is 4.74 Å². The van der Waals surface area contributed by atoms with E-state index in [0.29, 0.717) is 60.0 Å². The van der Waals surface area contributed by atoms with E-state index in [4.69, 9.17) is 13.9 Å². The van der Waals surface area contributed by atoms with Crippen LogP contribution in [0, 0.1) is 0 Å². The van der Waals surface area contributed by atoms with Crippen LogP contribution in [0.25, 0.3) is 11.0 Å². The summed E-state index contributed by atoms with van der Waals surface area (Å²) in [6.07, 6.45) is 0. The number of carbonyl (C=O) groups excluding carboxylic acids is 2. The number of ether oxygens (including phenoxy) is 2. The van der Waals surface area contributed by atoms with Gasteiger partial charge in [0.05, 0.1) is 13.2 Å². The summed E-state index contributed by atoms with van der Waals surface area (Å²) in [5, 5.41) is 3.56. The fourth-order valence-corrected chi connectivity index (χ4v) is 3.71. The lowest BCUT2D eigenvalue weighted by Gasteiger charge is -2.26. The summed E-state index contributed by atoms with van der Waals surface area (Å²) in [6, 6.07) is 23.5. The number of carbonyl (C=O) groups is 2. The standard InChI is InChI=1S/C26H22N2O5/c29-25(18-10-12-20(13-11-18)32-19-6-2-1-3-7-19)27-23-21-8-4-5-9-22(21)33-24(23)26(30)28-14-16-31-17-15-28/h1-13H,14-17H2,(H,27,29). The molecule has 0 aliphatic carbocycles. The minimum absolute atomic E-state index is 0.121. The van der Waals surface area contributed by atoms with Crippen molar-refractivity contribution in [2.24, 2.45) is 0 Å². The van der Waals surface area contributed by atoms with Gasteiger partial charge in [0.2, 0.25) is 5.76 Å². The Labute approximate surface area is 190 Å². The molecule has 0 atom stereocenters. The Bertz CT molecular complexity index is 1280. The van der Waals surface area contributed by atoms with Gasteiger partial charge in [-0.25, -0.2) is 0 Å². The molecule has 166 valence electrons. The second kappa shape index (κ2) is 9.18. The monoisotopic (exact) mass is 442 g/mol. The molecule has 0 spiro atoms. The maximum Gasteiger partial charge on any atom is 0.291 e. The van der Waals surface area contributed by atoms with Crippen LogP contribution >= 0.6 is 0 Å². The first-order valence-electron chi connectivity index (χ1n) is 10.7. The summed E-state index contributed by atoms with van der Waals surface area (Å²) in [5.41, 5.74) is 1.35. The molecular weight excluding hydrogens is 420 g/mol. The highest BCUT2D eigenvalue weighted by Gasteiger charge is 2.27. The van der Waals surface area contributed by atoms with Gasteiger partial charge in [-0.1, -0.05) is 30.3 Å². The van der Waals surface area contributed by atoms with Gasteiger partial charge < -0.3 is 24.1 Å². The molecule has 1 aliphatic rings. The normalized spacial score (nSPS) is 13.6. The van der Waals surface area contributed by atoms with Crippen molar-refractivity contribution in [2.75, 3.05) is 31.6 Å². The highest BCUT2D eigenvalue weighted by Crippen LogP contribution is 2.32. The molecule has 0 radical (unpaired) electrons. The Morgan fingerprint density at radius 1 is 0.818 bits per heavy atom. The third-order valence-electron chi connectivity index (χ3n) is 5.42. The Hall–Kier alpha value is -4.10. The van der Waals surface area contributed by atoms with Crippen molar-refractivity contribution in [3.63, 3.8) is 0 Å². The van der Waals surface area contributed by atoms with Crippen LogP contribution in [0.1, 0.15) is 20.9 Å². The number of nitrogens with zero attached hydrogens (tertiary/aromatic N) is 1. The number of anilines is 1. The first-order valence-corrected chi connectivity index (χ1v) is 10.7. The molecule has 1 aromatic heterocycles. The summed E-state index contributed by atoms with van der Waals surface area (Å²) in [6.45, 7) is 1.91. The molecule has 1 N–H and O–H groups in total. The van der Waals surface area contributed by atoms with Gasteiger partial charge in [-0.2, -0.15) is 0 Å². The maximum atomic E-state index is 13.1. The fraction of sp³-hybridized carbons (Fsp3) is 0.154. The second-order valence-corrected chi connectivity index (χ2v) is 7.60. The number of furan rings is 1. The van der Waals surface area contributed by atoms with E-state index in [0.717, 1.165) is 0 Å². The number of morpholine rings is 1. The number of amides is 2. The minimum Gasteiger partial charge on any atom is -0.457 e. The molecule has 5 rings (SSSR count). The predicted molar refractivity (Wildman–Crippen MR) is 124 cm³/mol. The van der Waals surface area contributed by atoms with Crippen LogP contribution in [0.4, 0.5) is 5.69 Å². The highest BCUT2D eigenvalue weighted by molar-refractivity contribution is 6.14. The third-order valence-corrected chi connectivity index (χ3v) is 5.42. The summed E-state index contributed by atoms with van der Waals surface area (Å²) in [7, 11) is 0. The zero-order chi connectivity index (χ0) is 22.6. The number of nitrogens with one attached hydrogen (secondary N) is 1. The maximum absolute atomic E-state index is 13.1. The smallest absolute Gasteiger partial charge is 0.291 e. The molecule has 2 amide bonds. The van der Waals surface area contributed by atoms with Crippen molar-refractivity contribution in [1.82, 2.24) is 4.90 Å². The average Bonchev–Trinajstić information content (AvgIpc) is 3.23. The van der Waals surface area contributed by atoms with E-state index in [-0.39, 0.29) is 17.6 Å². The van der Waals surface area contributed by atoms with Crippen LogP contribution in [0.2, 0.25) is 0 Å². The Kier molecular flexibility index (Phi) is 5.78. The van der Waals surface area contributed by atoms with Crippen LogP contribution in [-0.4, -0.2) is 43.0 Å². The van der Waals surface area contributed by atoms with Gasteiger partial charge in [0, 0.05) is 24.0 Å². The minimum atomic E-state index is -0.344. The highest BCUT2D eigenvalue weighted by atomic mass is 16.5. The van der Waals surface area contributed by atoms with E-state index in [9.17, 15) is 9.59 Å². The van der Waals surface area contributed by atoms with Gasteiger partial charge in [0.25, 0.3) is 11.8 Å². The SMILES string of the molecule is O=C(Nc1c(C(=O)N2CCOCC2)oc2ccccc12)c1ccc(Oc2ccccc2)cc1. The molecular formula is C26H22N2O5. The molecule has 1 fully saturated rings. The van der Waals surface area contributed by atoms with Crippen LogP contribution < -0.4 is 10.1 Å². The van der Waals surface area contributed by atoms with E-state index in [1.807, 2.05) is 48.5 Å². The first kappa shape index (κ1) is 20.8. The predicted octanol–water partition coefficient (Wildman–Crippen LogP) is 4.95. The molecule has 0 saturated carbocycles. The van der Waals surface area contributed by atoms with Gasteiger partial charge in [0.15, 0.2) is 0 Å². The topological polar surface area (TPSA) is 81.0 Å². The zero-order valence-electron chi connectivity index (χ0n) is 17.8. The lowest BCUT2D eigenvalue weighted by Crippen LogP contribution is -2.40. The Morgan fingerprint density at radius 2 is 1.48 bits per heavy atom. The summed E-state index contributed by atoms with van der Waals surface area (Å²) in [5.74, 6) is 0.844. The van der Waals surface area contributed by atoms with Crippen LogP contribution in [0.5, 0.6) is 11.5 Å². The summed E-state index contributed by atoms with van der Waals surface area (Å²) >= 11 is 0. The van der Waals surface area contributed by atoms with Crippen molar-refractivity contribution in [3.05, 3.63) is 90.2 Å². The fourth-order valence-electron chi connectivity index (χ4n) is 3.71. The number of rotatable bonds is 5. The Morgan fingerprint density at radius 3 is 2.24 bits per heavy atom. The molecule has 0 bridgehead atoms. The van der Waals surface area contributed by atoms with Crippen LogP contribution in [0.3, 0.4) is 0 Å². The van der Waals surface area contributed by atoms with E-state index in [2.05, 4.69) is 5.32 Å². The molecule has 4 aromatic rings. The van der Waals surface area contributed by atoms with Crippen LogP contribution in [0.15, 0.2) is 83.3 Å². The molecule has 1 aliphatic heterocycles. The lowest BCUT2D eigenvalue weighted by molar-refractivity contribution is 0.0285. The van der Waals surface area contributed by atoms with Gasteiger partial charge in [-0.05, 0) is 48.5 Å². The van der Waals surface area contributed by atoms with Gasteiger partial charge >= 0.3 is 0 Å². The van der Waals surface area contributed by atoms with Crippen molar-refractivity contribution in [1.29, 1.82) is 0 Å². The molecule has 1 saturated heterocycles.